The minimum absolute atomic E-state index is 0.234. The van der Waals surface area contributed by atoms with Crippen molar-refractivity contribution in [3.05, 3.63) is 95.0 Å². The van der Waals surface area contributed by atoms with Gasteiger partial charge in [0, 0.05) is 18.5 Å². The summed E-state index contributed by atoms with van der Waals surface area (Å²) in [5.41, 5.74) is 1.46. The van der Waals surface area contributed by atoms with E-state index in [0.29, 0.717) is 17.1 Å². The molecule has 0 radical (unpaired) electrons. The zero-order valence-electron chi connectivity index (χ0n) is 15.1. The third-order valence-corrected chi connectivity index (χ3v) is 4.31. The molecule has 3 aromatic rings. The molecule has 1 aromatic heterocycles. The SMILES string of the molecule is C[C@H](NC(=O)C=Cc1ccc(F)cc1Cl)c1cccc(Oc2ccncc2)c1. The number of carbonyl (C=O) groups excluding carboxylic acids is 1. The summed E-state index contributed by atoms with van der Waals surface area (Å²) in [7, 11) is 0. The van der Waals surface area contributed by atoms with E-state index in [9.17, 15) is 9.18 Å². The van der Waals surface area contributed by atoms with Gasteiger partial charge in [0.15, 0.2) is 0 Å². The molecule has 142 valence electrons. The fourth-order valence-corrected chi connectivity index (χ4v) is 2.77. The highest BCUT2D eigenvalue weighted by molar-refractivity contribution is 6.32. The summed E-state index contributed by atoms with van der Waals surface area (Å²) < 4.78 is 18.9. The minimum atomic E-state index is -0.422. The quantitative estimate of drug-likeness (QED) is 0.555. The maximum Gasteiger partial charge on any atom is 0.244 e. The molecule has 1 amide bonds. The number of amides is 1. The van der Waals surface area contributed by atoms with Gasteiger partial charge in [-0.15, -0.1) is 0 Å². The lowest BCUT2D eigenvalue weighted by atomic mass is 10.1. The smallest absolute Gasteiger partial charge is 0.244 e. The number of carbonyl (C=O) groups is 1. The standard InChI is InChI=1S/C22H18ClFN2O2/c1-15(26-22(27)8-6-16-5-7-18(24)14-21(16)23)17-3-2-4-20(13-17)28-19-9-11-25-12-10-19/h2-15H,1H3,(H,26,27)/t15-/m0/s1. The fourth-order valence-electron chi connectivity index (χ4n) is 2.54. The molecule has 1 N–H and O–H groups in total. The highest BCUT2D eigenvalue weighted by atomic mass is 35.5. The molecular formula is C22H18ClFN2O2. The lowest BCUT2D eigenvalue weighted by Gasteiger charge is -2.14. The Bertz CT molecular complexity index is 993. The molecule has 6 heteroatoms. The second-order valence-electron chi connectivity index (χ2n) is 6.09. The summed E-state index contributed by atoms with van der Waals surface area (Å²) in [6.45, 7) is 1.88. The van der Waals surface area contributed by atoms with Crippen molar-refractivity contribution >= 4 is 23.6 Å². The number of benzene rings is 2. The summed E-state index contributed by atoms with van der Waals surface area (Å²) in [5, 5.41) is 3.13. The molecule has 0 unspecified atom stereocenters. The van der Waals surface area contributed by atoms with E-state index in [1.165, 1.54) is 24.3 Å². The maximum absolute atomic E-state index is 13.1. The van der Waals surface area contributed by atoms with Crippen LogP contribution in [0.3, 0.4) is 0 Å². The highest BCUT2D eigenvalue weighted by Gasteiger charge is 2.09. The lowest BCUT2D eigenvalue weighted by molar-refractivity contribution is -0.117. The summed E-state index contributed by atoms with van der Waals surface area (Å²) in [6.07, 6.45) is 6.23. The van der Waals surface area contributed by atoms with Gasteiger partial charge in [0.25, 0.3) is 0 Å². The number of aromatic nitrogens is 1. The normalized spacial score (nSPS) is 12.0. The van der Waals surface area contributed by atoms with Crippen LogP contribution in [0.1, 0.15) is 24.1 Å². The van der Waals surface area contributed by atoms with Crippen molar-refractivity contribution in [2.24, 2.45) is 0 Å². The molecule has 0 aliphatic heterocycles. The van der Waals surface area contributed by atoms with Gasteiger partial charge in [-0.1, -0.05) is 29.8 Å². The largest absolute Gasteiger partial charge is 0.457 e. The monoisotopic (exact) mass is 396 g/mol. The molecule has 3 rings (SSSR count). The fraction of sp³-hybridized carbons (Fsp3) is 0.0909. The summed E-state index contributed by atoms with van der Waals surface area (Å²) in [6, 6.07) is 14.8. The van der Waals surface area contributed by atoms with Crippen molar-refractivity contribution in [1.82, 2.24) is 10.3 Å². The predicted molar refractivity (Wildman–Crippen MR) is 108 cm³/mol. The average molecular weight is 397 g/mol. The lowest BCUT2D eigenvalue weighted by Crippen LogP contribution is -2.24. The summed E-state index contributed by atoms with van der Waals surface area (Å²) in [5.74, 6) is 0.642. The molecule has 28 heavy (non-hydrogen) atoms. The van der Waals surface area contributed by atoms with Gasteiger partial charge in [-0.25, -0.2) is 4.39 Å². The molecule has 0 spiro atoms. The van der Waals surface area contributed by atoms with E-state index in [0.717, 1.165) is 5.56 Å². The summed E-state index contributed by atoms with van der Waals surface area (Å²) in [4.78, 5) is 16.2. The van der Waals surface area contributed by atoms with Gasteiger partial charge in [-0.2, -0.15) is 0 Å². The van der Waals surface area contributed by atoms with Crippen molar-refractivity contribution < 1.29 is 13.9 Å². The zero-order chi connectivity index (χ0) is 19.9. The van der Waals surface area contributed by atoms with Crippen LogP contribution in [-0.4, -0.2) is 10.9 Å². The number of hydrogen-bond acceptors (Lipinski definition) is 3. The van der Waals surface area contributed by atoms with E-state index >= 15 is 0 Å². The third kappa shape index (κ3) is 5.41. The van der Waals surface area contributed by atoms with Crippen molar-refractivity contribution in [1.29, 1.82) is 0 Å². The number of pyridine rings is 1. The van der Waals surface area contributed by atoms with Gasteiger partial charge in [0.05, 0.1) is 11.1 Å². The van der Waals surface area contributed by atoms with Gasteiger partial charge in [0.1, 0.15) is 17.3 Å². The van der Waals surface area contributed by atoms with Crippen LogP contribution in [0.4, 0.5) is 4.39 Å². The Labute approximate surface area is 167 Å². The molecule has 0 aliphatic rings. The van der Waals surface area contributed by atoms with Crippen molar-refractivity contribution in [2.45, 2.75) is 13.0 Å². The Morgan fingerprint density at radius 1 is 1.14 bits per heavy atom. The van der Waals surface area contributed by atoms with Crippen molar-refractivity contribution in [3.63, 3.8) is 0 Å². The van der Waals surface area contributed by atoms with E-state index < -0.39 is 5.82 Å². The van der Waals surface area contributed by atoms with E-state index in [1.807, 2.05) is 31.2 Å². The van der Waals surface area contributed by atoms with E-state index in [-0.39, 0.29) is 17.0 Å². The number of nitrogens with zero attached hydrogens (tertiary/aromatic N) is 1. The van der Waals surface area contributed by atoms with Crippen molar-refractivity contribution in [2.75, 3.05) is 0 Å². The van der Waals surface area contributed by atoms with Gasteiger partial charge < -0.3 is 10.1 Å². The van der Waals surface area contributed by atoms with E-state index in [4.69, 9.17) is 16.3 Å². The van der Waals surface area contributed by atoms with Crippen LogP contribution in [0.15, 0.2) is 73.1 Å². The molecule has 1 heterocycles. The molecule has 0 bridgehead atoms. The maximum atomic E-state index is 13.1. The number of rotatable bonds is 6. The van der Waals surface area contributed by atoms with Crippen LogP contribution >= 0.6 is 11.6 Å². The van der Waals surface area contributed by atoms with Gasteiger partial charge in [0.2, 0.25) is 5.91 Å². The van der Waals surface area contributed by atoms with Gasteiger partial charge >= 0.3 is 0 Å². The molecule has 0 aliphatic carbocycles. The Kier molecular flexibility index (Phi) is 6.40. The molecular weight excluding hydrogens is 379 g/mol. The molecule has 4 nitrogen and oxygen atoms in total. The van der Waals surface area contributed by atoms with Crippen LogP contribution in [-0.2, 0) is 4.79 Å². The number of ether oxygens (including phenoxy) is 1. The molecule has 0 saturated carbocycles. The predicted octanol–water partition coefficient (Wildman–Crippen LogP) is 5.56. The van der Waals surface area contributed by atoms with E-state index in [2.05, 4.69) is 10.3 Å². The second-order valence-corrected chi connectivity index (χ2v) is 6.49. The molecule has 2 aromatic carbocycles. The Balaban J connectivity index is 1.63. The van der Waals surface area contributed by atoms with Crippen LogP contribution in [0.2, 0.25) is 5.02 Å². The first-order chi connectivity index (χ1) is 13.5. The number of hydrogen-bond donors (Lipinski definition) is 1. The van der Waals surface area contributed by atoms with Crippen LogP contribution in [0.5, 0.6) is 11.5 Å². The van der Waals surface area contributed by atoms with E-state index in [1.54, 1.807) is 30.6 Å². The van der Waals surface area contributed by atoms with Gasteiger partial charge in [-0.3, -0.25) is 9.78 Å². The highest BCUT2D eigenvalue weighted by Crippen LogP contribution is 2.24. The Morgan fingerprint density at radius 2 is 1.93 bits per heavy atom. The summed E-state index contributed by atoms with van der Waals surface area (Å²) >= 11 is 5.96. The first kappa shape index (κ1) is 19.6. The average Bonchev–Trinajstić information content (AvgIpc) is 2.68. The van der Waals surface area contributed by atoms with Crippen LogP contribution in [0.25, 0.3) is 6.08 Å². The van der Waals surface area contributed by atoms with Crippen molar-refractivity contribution in [3.8, 4) is 11.5 Å². The Hall–Kier alpha value is -3.18. The second kappa shape index (κ2) is 9.15. The number of halogens is 2. The minimum Gasteiger partial charge on any atom is -0.457 e. The third-order valence-electron chi connectivity index (χ3n) is 3.98. The van der Waals surface area contributed by atoms with Crippen LogP contribution < -0.4 is 10.1 Å². The topological polar surface area (TPSA) is 51.2 Å². The number of nitrogens with one attached hydrogen (secondary N) is 1. The zero-order valence-corrected chi connectivity index (χ0v) is 15.9. The molecule has 0 fully saturated rings. The van der Waals surface area contributed by atoms with Crippen LogP contribution in [0, 0.1) is 5.82 Å². The first-order valence-corrected chi connectivity index (χ1v) is 9.00. The molecule has 1 atom stereocenters. The Morgan fingerprint density at radius 3 is 2.68 bits per heavy atom. The van der Waals surface area contributed by atoms with Gasteiger partial charge in [-0.05, 0) is 60.5 Å². The first-order valence-electron chi connectivity index (χ1n) is 8.63. The molecule has 0 saturated heterocycles.